The number of rotatable bonds is 6. The van der Waals surface area contributed by atoms with Crippen LogP contribution in [0.3, 0.4) is 0 Å². The monoisotopic (exact) mass is 554 g/mol. The summed E-state index contributed by atoms with van der Waals surface area (Å²) in [7, 11) is -3.75. The number of fused-ring (bicyclic) bond motifs is 2. The molecule has 7 nitrogen and oxygen atoms in total. The summed E-state index contributed by atoms with van der Waals surface area (Å²) in [6, 6.07) is 21.6. The van der Waals surface area contributed by atoms with Gasteiger partial charge in [-0.3, -0.25) is 19.0 Å². The number of aryl methyl sites for hydroxylation is 2. The molecule has 1 aliphatic heterocycles. The van der Waals surface area contributed by atoms with E-state index >= 15 is 0 Å². The van der Waals surface area contributed by atoms with Gasteiger partial charge in [0.25, 0.3) is 15.9 Å². The van der Waals surface area contributed by atoms with Crippen LogP contribution >= 0.6 is 11.3 Å². The Labute approximate surface area is 231 Å². The summed E-state index contributed by atoms with van der Waals surface area (Å²) < 4.78 is 29.4. The first-order chi connectivity index (χ1) is 18.8. The third-order valence-corrected chi connectivity index (χ3v) is 9.74. The van der Waals surface area contributed by atoms with Gasteiger partial charge in [-0.15, -0.1) is 0 Å². The average Bonchev–Trinajstić information content (AvgIpc) is 3.57. The molecule has 0 saturated heterocycles. The number of pyridine rings is 1. The molecule has 0 unspecified atom stereocenters. The van der Waals surface area contributed by atoms with Crippen LogP contribution in [-0.4, -0.2) is 30.8 Å². The molecule has 0 spiro atoms. The Morgan fingerprint density at radius 2 is 1.82 bits per heavy atom. The third-order valence-electron chi connectivity index (χ3n) is 6.89. The molecule has 0 atom stereocenters. The molecule has 3 aromatic carbocycles. The van der Waals surface area contributed by atoms with Crippen LogP contribution in [0.4, 0.5) is 10.8 Å². The Morgan fingerprint density at radius 3 is 2.59 bits per heavy atom. The van der Waals surface area contributed by atoms with E-state index < -0.39 is 10.0 Å². The molecule has 0 aliphatic carbocycles. The van der Waals surface area contributed by atoms with Crippen molar-refractivity contribution in [2.75, 3.05) is 15.7 Å². The Kier molecular flexibility index (Phi) is 6.40. The molecule has 1 amide bonds. The Balaban J connectivity index is 1.34. The first kappa shape index (κ1) is 25.2. The summed E-state index contributed by atoms with van der Waals surface area (Å²) in [5, 5.41) is 0.581. The van der Waals surface area contributed by atoms with Crippen LogP contribution in [0.25, 0.3) is 10.2 Å². The van der Waals surface area contributed by atoms with Gasteiger partial charge >= 0.3 is 0 Å². The van der Waals surface area contributed by atoms with Crippen molar-refractivity contribution in [3.05, 3.63) is 113 Å². The highest BCUT2D eigenvalue weighted by Gasteiger charge is 2.31. The lowest BCUT2D eigenvalue weighted by Gasteiger charge is -2.21. The zero-order chi connectivity index (χ0) is 27.1. The third kappa shape index (κ3) is 4.68. The molecule has 9 heteroatoms. The number of aromatic nitrogens is 2. The predicted octanol–water partition coefficient (Wildman–Crippen LogP) is 5.91. The molecule has 0 fully saturated rings. The molecule has 0 bridgehead atoms. The first-order valence-corrected chi connectivity index (χ1v) is 14.9. The van der Waals surface area contributed by atoms with Gasteiger partial charge in [-0.1, -0.05) is 41.7 Å². The second-order valence-electron chi connectivity index (χ2n) is 9.66. The van der Waals surface area contributed by atoms with Crippen LogP contribution in [0, 0.1) is 13.8 Å². The fourth-order valence-electron chi connectivity index (χ4n) is 4.99. The fraction of sp³-hybridized carbons (Fsp3) is 0.167. The number of amides is 1. The van der Waals surface area contributed by atoms with E-state index in [1.165, 1.54) is 27.8 Å². The molecule has 1 aliphatic rings. The van der Waals surface area contributed by atoms with E-state index in [1.807, 2.05) is 50.2 Å². The highest BCUT2D eigenvalue weighted by Crippen LogP contribution is 2.35. The zero-order valence-electron chi connectivity index (χ0n) is 21.5. The summed E-state index contributed by atoms with van der Waals surface area (Å²) in [4.78, 5) is 24.7. The molecule has 6 rings (SSSR count). The quantitative estimate of drug-likeness (QED) is 0.261. The first-order valence-electron chi connectivity index (χ1n) is 12.6. The molecular weight excluding hydrogens is 528 g/mol. The number of hydrogen-bond donors (Lipinski definition) is 0. The maximum atomic E-state index is 13.9. The van der Waals surface area contributed by atoms with Crippen LogP contribution in [0.15, 0.2) is 90.1 Å². The lowest BCUT2D eigenvalue weighted by Crippen LogP contribution is -2.31. The van der Waals surface area contributed by atoms with Crippen molar-refractivity contribution in [3.8, 4) is 0 Å². The van der Waals surface area contributed by atoms with Crippen molar-refractivity contribution in [1.82, 2.24) is 9.97 Å². The number of para-hydroxylation sites is 1. The van der Waals surface area contributed by atoms with Gasteiger partial charge in [0.1, 0.15) is 0 Å². The number of carbonyl (C=O) groups excluding carboxylic acids is 1. The number of nitrogens with zero attached hydrogens (tertiary/aromatic N) is 4. The van der Waals surface area contributed by atoms with E-state index in [4.69, 9.17) is 4.98 Å². The number of carbonyl (C=O) groups is 1. The van der Waals surface area contributed by atoms with Crippen LogP contribution in [0.5, 0.6) is 0 Å². The van der Waals surface area contributed by atoms with E-state index in [-0.39, 0.29) is 17.3 Å². The highest BCUT2D eigenvalue weighted by atomic mass is 32.2. The lowest BCUT2D eigenvalue weighted by molar-refractivity contribution is 0.0985. The van der Waals surface area contributed by atoms with Gasteiger partial charge < -0.3 is 0 Å². The summed E-state index contributed by atoms with van der Waals surface area (Å²) in [6.45, 7) is 4.75. The van der Waals surface area contributed by atoms with Crippen molar-refractivity contribution in [1.29, 1.82) is 0 Å². The number of sulfonamides is 1. The van der Waals surface area contributed by atoms with E-state index in [0.717, 1.165) is 32.5 Å². The highest BCUT2D eigenvalue weighted by molar-refractivity contribution is 7.92. The van der Waals surface area contributed by atoms with Gasteiger partial charge in [0.2, 0.25) is 0 Å². The van der Waals surface area contributed by atoms with Crippen molar-refractivity contribution in [2.45, 2.75) is 31.7 Å². The van der Waals surface area contributed by atoms with E-state index in [1.54, 1.807) is 29.4 Å². The van der Waals surface area contributed by atoms with Gasteiger partial charge in [0.15, 0.2) is 5.13 Å². The van der Waals surface area contributed by atoms with Crippen molar-refractivity contribution < 1.29 is 13.2 Å². The molecule has 5 aromatic rings. The zero-order valence-corrected chi connectivity index (χ0v) is 23.2. The molecule has 0 saturated carbocycles. The predicted molar refractivity (Wildman–Crippen MR) is 155 cm³/mol. The molecule has 2 aromatic heterocycles. The van der Waals surface area contributed by atoms with E-state index in [0.29, 0.717) is 29.3 Å². The molecule has 3 heterocycles. The standard InChI is InChI=1S/C30H26N4O3S2/c1-20-16-21(2)28-27(17-20)38-30(32-28)33(19-22-6-5-14-31-18-22)29(35)24-9-11-25(12-10-24)39(36,37)34-15-13-23-7-3-4-8-26(23)34/h3-12,14,16-18H,13,15,19H2,1-2H3. The minimum atomic E-state index is -3.75. The van der Waals surface area contributed by atoms with E-state index in [9.17, 15) is 13.2 Å². The number of thiazole rings is 1. The Morgan fingerprint density at radius 1 is 1.03 bits per heavy atom. The van der Waals surface area contributed by atoms with Gasteiger partial charge in [-0.2, -0.15) is 0 Å². The van der Waals surface area contributed by atoms with Gasteiger partial charge in [0, 0.05) is 24.5 Å². The number of anilines is 2. The normalized spacial score (nSPS) is 13.0. The van der Waals surface area contributed by atoms with Crippen LogP contribution < -0.4 is 9.21 Å². The summed E-state index contributed by atoms with van der Waals surface area (Å²) in [5.41, 5.74) is 6.03. The van der Waals surface area contributed by atoms with Crippen molar-refractivity contribution >= 4 is 48.3 Å². The van der Waals surface area contributed by atoms with Crippen molar-refractivity contribution in [3.63, 3.8) is 0 Å². The second-order valence-corrected chi connectivity index (χ2v) is 12.5. The fourth-order valence-corrected chi connectivity index (χ4v) is 7.63. The Hall–Kier alpha value is -4.08. The Bertz CT molecular complexity index is 1800. The minimum absolute atomic E-state index is 0.153. The van der Waals surface area contributed by atoms with Gasteiger partial charge in [-0.05, 0) is 85.0 Å². The summed E-state index contributed by atoms with van der Waals surface area (Å²) >= 11 is 1.46. The summed E-state index contributed by atoms with van der Waals surface area (Å²) in [5.74, 6) is -0.261. The van der Waals surface area contributed by atoms with Crippen molar-refractivity contribution in [2.24, 2.45) is 0 Å². The molecule has 0 N–H and O–H groups in total. The molecule has 39 heavy (non-hydrogen) atoms. The SMILES string of the molecule is Cc1cc(C)c2nc(N(Cc3cccnc3)C(=O)c3ccc(S(=O)(=O)N4CCc5ccccc54)cc3)sc2c1. The maximum absolute atomic E-state index is 13.9. The smallest absolute Gasteiger partial charge is 0.264 e. The lowest BCUT2D eigenvalue weighted by atomic mass is 10.1. The molecule has 196 valence electrons. The van der Waals surface area contributed by atoms with E-state index in [2.05, 4.69) is 17.1 Å². The molecular formula is C30H26N4O3S2. The largest absolute Gasteiger partial charge is 0.279 e. The van der Waals surface area contributed by atoms with Gasteiger partial charge in [-0.25, -0.2) is 13.4 Å². The average molecular weight is 555 g/mol. The van der Waals surface area contributed by atoms with Gasteiger partial charge in [0.05, 0.1) is 27.3 Å². The number of benzene rings is 3. The second kappa shape index (κ2) is 9.91. The topological polar surface area (TPSA) is 83.5 Å². The summed E-state index contributed by atoms with van der Waals surface area (Å²) in [6.07, 6.45) is 4.10. The number of hydrogen-bond acceptors (Lipinski definition) is 6. The molecule has 0 radical (unpaired) electrons. The minimum Gasteiger partial charge on any atom is -0.279 e. The van der Waals surface area contributed by atoms with Crippen LogP contribution in [0.1, 0.15) is 32.6 Å². The van der Waals surface area contributed by atoms with Crippen LogP contribution in [-0.2, 0) is 23.0 Å². The maximum Gasteiger partial charge on any atom is 0.264 e. The van der Waals surface area contributed by atoms with Crippen LogP contribution in [0.2, 0.25) is 0 Å².